The first-order valence-electron chi connectivity index (χ1n) is 6.37. The quantitative estimate of drug-likeness (QED) is 0.785. The molecule has 0 bridgehead atoms. The molecule has 4 nitrogen and oxygen atoms in total. The van der Waals surface area contributed by atoms with E-state index in [1.165, 1.54) is 4.68 Å². The maximum absolute atomic E-state index is 12.1. The topological polar surface area (TPSA) is 36.3 Å². The van der Waals surface area contributed by atoms with Crippen LogP contribution in [-0.4, -0.2) is 34.5 Å². The van der Waals surface area contributed by atoms with Crippen molar-refractivity contribution < 1.29 is 18.1 Å². The first kappa shape index (κ1) is 14.5. The van der Waals surface area contributed by atoms with Gasteiger partial charge in [0.15, 0.2) is 0 Å². The van der Waals surface area contributed by atoms with Gasteiger partial charge in [-0.2, -0.15) is 5.10 Å². The number of alkyl halides is 2. The van der Waals surface area contributed by atoms with Crippen LogP contribution < -0.4 is 5.46 Å². The Morgan fingerprint density at radius 2 is 1.84 bits per heavy atom. The van der Waals surface area contributed by atoms with Crippen LogP contribution >= 0.6 is 0 Å². The van der Waals surface area contributed by atoms with E-state index in [1.54, 1.807) is 12.4 Å². The summed E-state index contributed by atoms with van der Waals surface area (Å²) in [5.74, 6) is 0. The molecule has 1 aromatic rings. The van der Waals surface area contributed by atoms with E-state index in [0.717, 1.165) is 5.46 Å². The SMILES string of the molecule is CC1(C)OB(c2cnn(CCC(F)F)c2)OC1(C)C. The fraction of sp³-hybridized carbons (Fsp3) is 0.750. The third kappa shape index (κ3) is 2.97. The van der Waals surface area contributed by atoms with Crippen molar-refractivity contribution in [2.24, 2.45) is 0 Å². The molecule has 7 heteroatoms. The molecule has 0 spiro atoms. The summed E-state index contributed by atoms with van der Waals surface area (Å²) in [6.45, 7) is 8.06. The molecule has 0 radical (unpaired) electrons. The summed E-state index contributed by atoms with van der Waals surface area (Å²) in [6.07, 6.45) is 0.785. The van der Waals surface area contributed by atoms with E-state index >= 15 is 0 Å². The molecule has 0 aromatic carbocycles. The first-order valence-corrected chi connectivity index (χ1v) is 6.37. The molecule has 1 aromatic heterocycles. The molecule has 0 saturated carbocycles. The molecule has 0 N–H and O–H groups in total. The lowest BCUT2D eigenvalue weighted by Gasteiger charge is -2.32. The highest BCUT2D eigenvalue weighted by Crippen LogP contribution is 2.36. The summed E-state index contributed by atoms with van der Waals surface area (Å²) < 4.78 is 37.5. The van der Waals surface area contributed by atoms with Crippen molar-refractivity contribution in [2.75, 3.05) is 0 Å². The molecule has 1 aliphatic rings. The number of halogens is 2. The molecule has 0 atom stereocenters. The Balaban J connectivity index is 2.04. The van der Waals surface area contributed by atoms with Gasteiger partial charge >= 0.3 is 7.12 Å². The second-order valence-corrected chi connectivity index (χ2v) is 5.80. The zero-order valence-corrected chi connectivity index (χ0v) is 11.7. The van der Waals surface area contributed by atoms with Gasteiger partial charge in [0, 0.05) is 30.8 Å². The average Bonchev–Trinajstić information content (AvgIpc) is 2.79. The molecule has 1 fully saturated rings. The number of rotatable bonds is 4. The van der Waals surface area contributed by atoms with Gasteiger partial charge in [-0.25, -0.2) is 8.78 Å². The van der Waals surface area contributed by atoms with Crippen molar-refractivity contribution >= 4 is 12.6 Å². The largest absolute Gasteiger partial charge is 0.498 e. The van der Waals surface area contributed by atoms with E-state index in [2.05, 4.69) is 5.10 Å². The zero-order valence-electron chi connectivity index (χ0n) is 11.7. The predicted octanol–water partition coefficient (Wildman–Crippen LogP) is 1.84. The third-order valence-corrected chi connectivity index (χ3v) is 3.76. The average molecular weight is 272 g/mol. The van der Waals surface area contributed by atoms with Gasteiger partial charge in [0.1, 0.15) is 0 Å². The molecule has 1 saturated heterocycles. The molecule has 1 aliphatic heterocycles. The lowest BCUT2D eigenvalue weighted by Crippen LogP contribution is -2.41. The highest BCUT2D eigenvalue weighted by molar-refractivity contribution is 6.61. The van der Waals surface area contributed by atoms with Crippen molar-refractivity contribution in [3.63, 3.8) is 0 Å². The number of hydrogen-bond donors (Lipinski definition) is 0. The Labute approximate surface area is 112 Å². The molecule has 2 heterocycles. The van der Waals surface area contributed by atoms with Gasteiger partial charge in [-0.05, 0) is 27.7 Å². The highest BCUT2D eigenvalue weighted by Gasteiger charge is 2.52. The van der Waals surface area contributed by atoms with Crippen LogP contribution in [0.25, 0.3) is 0 Å². The predicted molar refractivity (Wildman–Crippen MR) is 68.6 cm³/mol. The van der Waals surface area contributed by atoms with Gasteiger partial charge in [-0.15, -0.1) is 0 Å². The summed E-state index contributed by atoms with van der Waals surface area (Å²) in [7, 11) is -0.495. The van der Waals surface area contributed by atoms with Crippen LogP contribution in [0, 0.1) is 0 Å². The normalized spacial score (nSPS) is 21.3. The van der Waals surface area contributed by atoms with Gasteiger partial charge < -0.3 is 9.31 Å². The Morgan fingerprint density at radius 3 is 2.37 bits per heavy atom. The number of aromatic nitrogens is 2. The van der Waals surface area contributed by atoms with Gasteiger partial charge in [-0.3, -0.25) is 4.68 Å². The Kier molecular flexibility index (Phi) is 3.70. The van der Waals surface area contributed by atoms with Crippen LogP contribution in [0.5, 0.6) is 0 Å². The molecule has 0 amide bonds. The molecule has 106 valence electrons. The van der Waals surface area contributed by atoms with Crippen LogP contribution in [0.2, 0.25) is 0 Å². The molecular weight excluding hydrogens is 253 g/mol. The first-order chi connectivity index (χ1) is 8.71. The molecule has 19 heavy (non-hydrogen) atoms. The Morgan fingerprint density at radius 1 is 1.26 bits per heavy atom. The Hall–Kier alpha value is -0.945. The molecule has 0 aliphatic carbocycles. The second kappa shape index (κ2) is 4.87. The van der Waals surface area contributed by atoms with Gasteiger partial charge in [-0.1, -0.05) is 0 Å². The molecule has 0 unspecified atom stereocenters. The van der Waals surface area contributed by atoms with E-state index in [9.17, 15) is 8.78 Å². The van der Waals surface area contributed by atoms with Crippen molar-refractivity contribution in [1.82, 2.24) is 9.78 Å². The number of nitrogens with zero attached hydrogens (tertiary/aromatic N) is 2. The van der Waals surface area contributed by atoms with E-state index in [0.29, 0.717) is 0 Å². The van der Waals surface area contributed by atoms with E-state index in [4.69, 9.17) is 9.31 Å². The minimum Gasteiger partial charge on any atom is -0.399 e. The number of hydrogen-bond acceptors (Lipinski definition) is 3. The van der Waals surface area contributed by atoms with E-state index < -0.39 is 24.7 Å². The van der Waals surface area contributed by atoms with Crippen molar-refractivity contribution in [2.45, 2.75) is 58.3 Å². The second-order valence-electron chi connectivity index (χ2n) is 5.80. The van der Waals surface area contributed by atoms with Crippen molar-refractivity contribution in [3.05, 3.63) is 12.4 Å². The fourth-order valence-electron chi connectivity index (χ4n) is 1.83. The summed E-state index contributed by atoms with van der Waals surface area (Å²) in [6, 6.07) is 0. The molecular formula is C12H19BF2N2O2. The fourth-order valence-corrected chi connectivity index (χ4v) is 1.83. The third-order valence-electron chi connectivity index (χ3n) is 3.76. The van der Waals surface area contributed by atoms with Gasteiger partial charge in [0.05, 0.1) is 11.2 Å². The van der Waals surface area contributed by atoms with Crippen LogP contribution in [0.3, 0.4) is 0 Å². The van der Waals surface area contributed by atoms with Crippen LogP contribution in [0.15, 0.2) is 12.4 Å². The van der Waals surface area contributed by atoms with Crippen molar-refractivity contribution in [3.8, 4) is 0 Å². The summed E-state index contributed by atoms with van der Waals surface area (Å²) in [4.78, 5) is 0. The van der Waals surface area contributed by atoms with E-state index in [1.807, 2.05) is 27.7 Å². The maximum Gasteiger partial charge on any atom is 0.498 e. The minimum absolute atomic E-state index is 0.192. The van der Waals surface area contributed by atoms with E-state index in [-0.39, 0.29) is 13.0 Å². The molecule has 2 rings (SSSR count). The summed E-state index contributed by atoms with van der Waals surface area (Å²) >= 11 is 0. The minimum atomic E-state index is -2.32. The van der Waals surface area contributed by atoms with Crippen LogP contribution in [0.4, 0.5) is 8.78 Å². The zero-order chi connectivity index (χ0) is 14.3. The van der Waals surface area contributed by atoms with Gasteiger partial charge in [0.25, 0.3) is 0 Å². The summed E-state index contributed by atoms with van der Waals surface area (Å²) in [5.41, 5.74) is -0.0706. The standard InChI is InChI=1S/C12H19BF2N2O2/c1-11(2)12(3,4)19-13(18-11)9-7-16-17(8-9)6-5-10(14)15/h7-8,10H,5-6H2,1-4H3. The van der Waals surface area contributed by atoms with Gasteiger partial charge in [0.2, 0.25) is 6.43 Å². The lowest BCUT2D eigenvalue weighted by molar-refractivity contribution is 0.00578. The highest BCUT2D eigenvalue weighted by atomic mass is 19.3. The Bertz CT molecular complexity index is 433. The lowest BCUT2D eigenvalue weighted by atomic mass is 9.82. The number of aryl methyl sites for hydroxylation is 1. The van der Waals surface area contributed by atoms with Crippen LogP contribution in [0.1, 0.15) is 34.1 Å². The van der Waals surface area contributed by atoms with Crippen LogP contribution in [-0.2, 0) is 15.9 Å². The smallest absolute Gasteiger partial charge is 0.399 e. The summed E-state index contributed by atoms with van der Waals surface area (Å²) in [5, 5.41) is 4.05. The van der Waals surface area contributed by atoms with Crippen molar-refractivity contribution in [1.29, 1.82) is 0 Å². The maximum atomic E-state index is 12.1. The monoisotopic (exact) mass is 272 g/mol.